The van der Waals surface area contributed by atoms with Crippen molar-refractivity contribution in [2.24, 2.45) is 0 Å². The van der Waals surface area contributed by atoms with Crippen LogP contribution in [0.4, 0.5) is 0 Å². The molecular weight excluding hydrogens is 290 g/mol. The fourth-order valence-corrected chi connectivity index (χ4v) is 3.86. The lowest BCUT2D eigenvalue weighted by atomic mass is 10.1. The highest BCUT2D eigenvalue weighted by molar-refractivity contribution is 7.88. The van der Waals surface area contributed by atoms with Crippen molar-refractivity contribution < 1.29 is 8.42 Å². The number of sulfonamides is 1. The fraction of sp³-hybridized carbons (Fsp3) is 0.462. The van der Waals surface area contributed by atoms with Gasteiger partial charge in [-0.3, -0.25) is 0 Å². The van der Waals surface area contributed by atoms with Crippen LogP contribution in [-0.2, 0) is 10.0 Å². The van der Waals surface area contributed by atoms with Gasteiger partial charge in [-0.25, -0.2) is 23.4 Å². The van der Waals surface area contributed by atoms with Gasteiger partial charge in [0.2, 0.25) is 10.0 Å². The van der Waals surface area contributed by atoms with Gasteiger partial charge >= 0.3 is 0 Å². The zero-order valence-electron chi connectivity index (χ0n) is 11.9. The maximum atomic E-state index is 11.9. The Morgan fingerprint density at radius 2 is 2.19 bits per heavy atom. The molecule has 1 fully saturated rings. The van der Waals surface area contributed by atoms with Gasteiger partial charge in [-0.2, -0.15) is 4.31 Å². The van der Waals surface area contributed by atoms with Gasteiger partial charge in [0.1, 0.15) is 11.5 Å². The van der Waals surface area contributed by atoms with Crippen LogP contribution in [-0.4, -0.2) is 45.5 Å². The quantitative estimate of drug-likeness (QED) is 0.922. The molecule has 8 heteroatoms. The predicted molar refractivity (Wildman–Crippen MR) is 77.9 cm³/mol. The Kier molecular flexibility index (Phi) is 3.50. The Morgan fingerprint density at radius 3 is 2.86 bits per heavy atom. The highest BCUT2D eigenvalue weighted by atomic mass is 32.2. The number of H-pyrrole nitrogens is 1. The topological polar surface area (TPSA) is 91.8 Å². The van der Waals surface area contributed by atoms with E-state index in [1.54, 1.807) is 19.3 Å². The van der Waals surface area contributed by atoms with E-state index in [0.717, 1.165) is 18.5 Å². The molecule has 2 aromatic rings. The zero-order valence-corrected chi connectivity index (χ0v) is 12.8. The summed E-state index contributed by atoms with van der Waals surface area (Å²) in [5, 5.41) is 0. The number of hydrogen-bond donors (Lipinski definition) is 1. The van der Waals surface area contributed by atoms with Crippen LogP contribution in [0.3, 0.4) is 0 Å². The summed E-state index contributed by atoms with van der Waals surface area (Å²) in [6.45, 7) is 2.35. The molecule has 0 saturated carbocycles. The van der Waals surface area contributed by atoms with E-state index in [-0.39, 0.29) is 6.04 Å². The van der Waals surface area contributed by atoms with Crippen molar-refractivity contribution >= 4 is 10.0 Å². The van der Waals surface area contributed by atoms with Crippen LogP contribution in [0.15, 0.2) is 18.5 Å². The Hall–Kier alpha value is -1.80. The number of imidazole rings is 1. The number of rotatable bonds is 3. The summed E-state index contributed by atoms with van der Waals surface area (Å²) in [5.41, 5.74) is 1.42. The Morgan fingerprint density at radius 1 is 1.38 bits per heavy atom. The van der Waals surface area contributed by atoms with Crippen LogP contribution in [0.2, 0.25) is 0 Å². The number of nitrogens with zero attached hydrogens (tertiary/aromatic N) is 4. The summed E-state index contributed by atoms with van der Waals surface area (Å²) in [5.74, 6) is 1.27. The van der Waals surface area contributed by atoms with Crippen LogP contribution < -0.4 is 0 Å². The van der Waals surface area contributed by atoms with E-state index in [0.29, 0.717) is 23.9 Å². The van der Waals surface area contributed by atoms with E-state index in [4.69, 9.17) is 0 Å². The van der Waals surface area contributed by atoms with Crippen molar-refractivity contribution in [1.29, 1.82) is 0 Å². The van der Waals surface area contributed by atoms with E-state index in [9.17, 15) is 8.42 Å². The van der Waals surface area contributed by atoms with E-state index in [2.05, 4.69) is 19.9 Å². The smallest absolute Gasteiger partial charge is 0.211 e. The normalized spacial score (nSPS) is 20.0. The first kappa shape index (κ1) is 14.2. The molecule has 1 saturated heterocycles. The van der Waals surface area contributed by atoms with Crippen molar-refractivity contribution in [2.75, 3.05) is 12.8 Å². The van der Waals surface area contributed by atoms with Gasteiger partial charge in [-0.15, -0.1) is 0 Å². The highest BCUT2D eigenvalue weighted by Gasteiger charge is 2.33. The number of nitrogens with one attached hydrogen (secondary N) is 1. The molecule has 0 aliphatic carbocycles. The SMILES string of the molecule is Cc1nc(-c2ncc[nH]2)cc(C2CCCN2S(C)(=O)=O)n1. The molecule has 3 rings (SSSR count). The first-order valence-corrected chi connectivity index (χ1v) is 8.62. The van der Waals surface area contributed by atoms with Crippen LogP contribution in [0.25, 0.3) is 11.5 Å². The van der Waals surface area contributed by atoms with Crippen LogP contribution in [0.5, 0.6) is 0 Å². The van der Waals surface area contributed by atoms with Crippen molar-refractivity contribution in [2.45, 2.75) is 25.8 Å². The molecule has 21 heavy (non-hydrogen) atoms. The van der Waals surface area contributed by atoms with Crippen LogP contribution in [0.1, 0.15) is 30.4 Å². The van der Waals surface area contributed by atoms with E-state index < -0.39 is 10.0 Å². The van der Waals surface area contributed by atoms with Gasteiger partial charge in [0.15, 0.2) is 5.82 Å². The third-order valence-corrected chi connectivity index (χ3v) is 4.86. The third-order valence-electron chi connectivity index (χ3n) is 3.57. The lowest BCUT2D eigenvalue weighted by Crippen LogP contribution is -2.30. The van der Waals surface area contributed by atoms with Crippen LogP contribution in [0, 0.1) is 6.92 Å². The largest absolute Gasteiger partial charge is 0.343 e. The van der Waals surface area contributed by atoms with Crippen molar-refractivity contribution in [3.8, 4) is 11.5 Å². The summed E-state index contributed by atoms with van der Waals surface area (Å²) in [6, 6.07) is 1.61. The summed E-state index contributed by atoms with van der Waals surface area (Å²) >= 11 is 0. The second kappa shape index (κ2) is 5.19. The molecular formula is C13H17N5O2S. The number of aromatic nitrogens is 4. The van der Waals surface area contributed by atoms with Gasteiger partial charge < -0.3 is 4.98 Å². The fourth-order valence-electron chi connectivity index (χ4n) is 2.72. The predicted octanol–water partition coefficient (Wildman–Crippen LogP) is 1.27. The van der Waals surface area contributed by atoms with Gasteiger partial charge in [-0.1, -0.05) is 0 Å². The molecule has 1 unspecified atom stereocenters. The zero-order chi connectivity index (χ0) is 15.0. The molecule has 0 bridgehead atoms. The summed E-state index contributed by atoms with van der Waals surface area (Å²) in [4.78, 5) is 16.0. The first-order chi connectivity index (χ1) is 9.95. The maximum Gasteiger partial charge on any atom is 0.211 e. The third kappa shape index (κ3) is 2.81. The van der Waals surface area contributed by atoms with Crippen molar-refractivity contribution in [3.63, 3.8) is 0 Å². The standard InChI is InChI=1S/C13H17N5O2S/c1-9-16-10(8-11(17-9)13-14-5-6-15-13)12-4-3-7-18(12)21(2,19)20/h5-6,8,12H,3-4,7H2,1-2H3,(H,14,15). The molecule has 1 N–H and O–H groups in total. The lowest BCUT2D eigenvalue weighted by Gasteiger charge is -2.22. The van der Waals surface area contributed by atoms with E-state index in [1.165, 1.54) is 10.6 Å². The summed E-state index contributed by atoms with van der Waals surface area (Å²) in [7, 11) is -3.23. The molecule has 1 atom stereocenters. The highest BCUT2D eigenvalue weighted by Crippen LogP contribution is 2.33. The van der Waals surface area contributed by atoms with Crippen molar-refractivity contribution in [3.05, 3.63) is 30.0 Å². The van der Waals surface area contributed by atoms with Crippen molar-refractivity contribution in [1.82, 2.24) is 24.2 Å². The molecule has 7 nitrogen and oxygen atoms in total. The minimum atomic E-state index is -3.23. The van der Waals surface area contributed by atoms with Gasteiger partial charge in [-0.05, 0) is 25.8 Å². The molecule has 112 valence electrons. The Balaban J connectivity index is 2.03. The molecule has 0 aromatic carbocycles. The molecule has 0 spiro atoms. The monoisotopic (exact) mass is 307 g/mol. The minimum Gasteiger partial charge on any atom is -0.343 e. The first-order valence-electron chi connectivity index (χ1n) is 6.77. The van der Waals surface area contributed by atoms with Gasteiger partial charge in [0, 0.05) is 18.9 Å². The summed E-state index contributed by atoms with van der Waals surface area (Å²) < 4.78 is 25.3. The molecule has 3 heterocycles. The molecule has 0 radical (unpaired) electrons. The lowest BCUT2D eigenvalue weighted by molar-refractivity contribution is 0.393. The Bertz CT molecular complexity index is 742. The van der Waals surface area contributed by atoms with E-state index >= 15 is 0 Å². The average Bonchev–Trinajstić information content (AvgIpc) is 3.09. The maximum absolute atomic E-state index is 11.9. The second-order valence-electron chi connectivity index (χ2n) is 5.19. The summed E-state index contributed by atoms with van der Waals surface area (Å²) in [6.07, 6.45) is 6.25. The number of hydrogen-bond acceptors (Lipinski definition) is 5. The molecule has 1 aliphatic heterocycles. The number of aromatic amines is 1. The van der Waals surface area contributed by atoms with E-state index in [1.807, 2.05) is 6.07 Å². The average molecular weight is 307 g/mol. The molecule has 0 amide bonds. The van der Waals surface area contributed by atoms with Gasteiger partial charge in [0.25, 0.3) is 0 Å². The Labute approximate surface area is 123 Å². The molecule has 1 aliphatic rings. The van der Waals surface area contributed by atoms with Gasteiger partial charge in [0.05, 0.1) is 18.0 Å². The molecule has 2 aromatic heterocycles. The number of aryl methyl sites for hydroxylation is 1. The second-order valence-corrected chi connectivity index (χ2v) is 7.13. The van der Waals surface area contributed by atoms with Crippen LogP contribution >= 0.6 is 0 Å². The minimum absolute atomic E-state index is 0.213.